The van der Waals surface area contributed by atoms with E-state index in [-0.39, 0.29) is 34.5 Å². The highest BCUT2D eigenvalue weighted by Gasteiger charge is 2.32. The van der Waals surface area contributed by atoms with Crippen LogP contribution in [0.4, 0.5) is 4.39 Å². The van der Waals surface area contributed by atoms with Crippen LogP contribution in [0, 0.1) is 19.7 Å². The number of hydrogen-bond acceptors (Lipinski definition) is 4. The van der Waals surface area contributed by atoms with E-state index in [9.17, 15) is 14.0 Å². The van der Waals surface area contributed by atoms with E-state index in [4.69, 9.17) is 21.1 Å². The van der Waals surface area contributed by atoms with E-state index in [1.807, 2.05) is 13.0 Å². The van der Waals surface area contributed by atoms with Gasteiger partial charge in [0.1, 0.15) is 17.7 Å². The predicted octanol–water partition coefficient (Wildman–Crippen LogP) is 3.15. The van der Waals surface area contributed by atoms with Crippen LogP contribution in [0.25, 0.3) is 0 Å². The first-order valence-electron chi connectivity index (χ1n) is 9.59. The summed E-state index contributed by atoms with van der Waals surface area (Å²) < 4.78 is 25.8. The molecule has 154 valence electrons. The number of benzene rings is 1. The lowest BCUT2D eigenvalue weighted by Crippen LogP contribution is -2.39. The van der Waals surface area contributed by atoms with E-state index < -0.39 is 11.7 Å². The van der Waals surface area contributed by atoms with Crippen LogP contribution in [-0.2, 0) is 17.7 Å². The van der Waals surface area contributed by atoms with Crippen molar-refractivity contribution < 1.29 is 18.7 Å². The van der Waals surface area contributed by atoms with Gasteiger partial charge in [0.25, 0.3) is 11.5 Å². The topological polar surface area (TPSA) is 71.6 Å². The molecule has 1 saturated heterocycles. The Labute approximate surface area is 172 Å². The van der Waals surface area contributed by atoms with Gasteiger partial charge in [-0.15, -0.1) is 0 Å². The van der Waals surface area contributed by atoms with Crippen LogP contribution >= 0.6 is 11.6 Å². The number of hydrogen-bond donors (Lipinski definition) is 1. The molecule has 2 aliphatic heterocycles. The van der Waals surface area contributed by atoms with Gasteiger partial charge in [0.15, 0.2) is 0 Å². The van der Waals surface area contributed by atoms with Gasteiger partial charge in [-0.1, -0.05) is 11.6 Å². The first-order chi connectivity index (χ1) is 13.8. The molecule has 0 spiro atoms. The normalized spacial score (nSPS) is 18.8. The Morgan fingerprint density at radius 1 is 1.34 bits per heavy atom. The molecule has 0 radical (unpaired) electrons. The minimum atomic E-state index is -0.504. The third-order valence-electron chi connectivity index (χ3n) is 5.44. The smallest absolute Gasteiger partial charge is 0.256 e. The summed E-state index contributed by atoms with van der Waals surface area (Å²) in [7, 11) is 0. The van der Waals surface area contributed by atoms with Gasteiger partial charge in [-0.2, -0.15) is 0 Å². The second-order valence-corrected chi connectivity index (χ2v) is 7.93. The molecule has 8 heteroatoms. The van der Waals surface area contributed by atoms with E-state index >= 15 is 0 Å². The van der Waals surface area contributed by atoms with Gasteiger partial charge in [-0.3, -0.25) is 9.59 Å². The quantitative estimate of drug-likeness (QED) is 0.824. The van der Waals surface area contributed by atoms with E-state index in [1.165, 1.54) is 11.0 Å². The third-order valence-corrected chi connectivity index (χ3v) is 5.82. The molecule has 29 heavy (non-hydrogen) atoms. The van der Waals surface area contributed by atoms with Gasteiger partial charge in [-0.25, -0.2) is 4.39 Å². The summed E-state index contributed by atoms with van der Waals surface area (Å²) in [6.07, 6.45) is 0.792. The second-order valence-electron chi connectivity index (χ2n) is 7.55. The molecule has 0 saturated carbocycles. The zero-order valence-corrected chi connectivity index (χ0v) is 17.1. The van der Waals surface area contributed by atoms with Crippen molar-refractivity contribution in [1.29, 1.82) is 0 Å². The van der Waals surface area contributed by atoms with Crippen molar-refractivity contribution in [3.63, 3.8) is 0 Å². The van der Waals surface area contributed by atoms with Crippen molar-refractivity contribution in [3.05, 3.63) is 61.3 Å². The number of nitrogens with zero attached hydrogens (tertiary/aromatic N) is 1. The summed E-state index contributed by atoms with van der Waals surface area (Å²) in [6, 6.07) is 3.11. The highest BCUT2D eigenvalue weighted by molar-refractivity contribution is 6.35. The molecular weight excluding hydrogens is 399 g/mol. The minimum absolute atomic E-state index is 0.109. The molecule has 0 bridgehead atoms. The fourth-order valence-corrected chi connectivity index (χ4v) is 4.20. The number of aryl methyl sites for hydroxylation is 2. The zero-order chi connectivity index (χ0) is 20.7. The molecule has 1 unspecified atom stereocenters. The molecule has 1 aromatic carbocycles. The number of halogens is 2. The summed E-state index contributed by atoms with van der Waals surface area (Å²) in [5.74, 6) is -0.753. The number of carbonyl (C=O) groups excluding carboxylic acids is 1. The van der Waals surface area contributed by atoms with Gasteiger partial charge in [0.2, 0.25) is 0 Å². The Bertz CT molecular complexity index is 1030. The summed E-state index contributed by atoms with van der Waals surface area (Å²) in [5, 5.41) is 0.109. The Morgan fingerprint density at radius 2 is 2.14 bits per heavy atom. The van der Waals surface area contributed by atoms with Gasteiger partial charge >= 0.3 is 0 Å². The Kier molecular flexibility index (Phi) is 5.36. The van der Waals surface area contributed by atoms with Crippen LogP contribution in [0.5, 0.6) is 5.75 Å². The molecule has 4 rings (SSSR count). The molecule has 2 aliphatic rings. The third kappa shape index (κ3) is 3.76. The highest BCUT2D eigenvalue weighted by Crippen LogP contribution is 2.37. The standard InChI is InChI=1S/C21H22ClFN2O4/c1-11-7-12(2)24-20(26)15(11)9-25-5-3-14-16(23)8-17(19(22)18(14)21(25)27)29-13-4-6-28-10-13/h7-8,13H,3-6,9-10H2,1-2H3,(H,24,26). The van der Waals surface area contributed by atoms with Crippen LogP contribution in [0.1, 0.15) is 39.2 Å². The summed E-state index contributed by atoms with van der Waals surface area (Å²) in [5.41, 5.74) is 2.26. The number of aromatic amines is 1. The Morgan fingerprint density at radius 3 is 2.83 bits per heavy atom. The monoisotopic (exact) mass is 420 g/mol. The lowest BCUT2D eigenvalue weighted by atomic mass is 9.97. The average Bonchev–Trinajstić information content (AvgIpc) is 3.16. The molecule has 6 nitrogen and oxygen atoms in total. The zero-order valence-electron chi connectivity index (χ0n) is 16.3. The van der Waals surface area contributed by atoms with Gasteiger partial charge in [0, 0.05) is 35.9 Å². The SMILES string of the molecule is Cc1cc(C)c(CN2CCc3c(F)cc(OC4CCOC4)c(Cl)c3C2=O)c(=O)[nH]1. The van der Waals surface area contributed by atoms with Crippen LogP contribution < -0.4 is 10.3 Å². The highest BCUT2D eigenvalue weighted by atomic mass is 35.5. The van der Waals surface area contributed by atoms with Gasteiger partial charge in [-0.05, 0) is 31.9 Å². The van der Waals surface area contributed by atoms with Gasteiger partial charge in [0.05, 0.1) is 30.3 Å². The predicted molar refractivity (Wildman–Crippen MR) is 106 cm³/mol. The number of pyridine rings is 1. The largest absolute Gasteiger partial charge is 0.486 e. The van der Waals surface area contributed by atoms with Crippen molar-refractivity contribution in [2.24, 2.45) is 0 Å². The fourth-order valence-electron chi connectivity index (χ4n) is 3.91. The molecule has 3 heterocycles. The molecule has 1 fully saturated rings. The number of rotatable bonds is 4. The molecule has 1 N–H and O–H groups in total. The number of fused-ring (bicyclic) bond motifs is 1. The molecule has 1 atom stereocenters. The van der Waals surface area contributed by atoms with Crippen molar-refractivity contribution in [2.45, 2.75) is 39.3 Å². The maximum atomic E-state index is 14.7. The summed E-state index contributed by atoms with van der Waals surface area (Å²) in [4.78, 5) is 29.8. The van der Waals surface area contributed by atoms with Crippen molar-refractivity contribution in [3.8, 4) is 5.75 Å². The van der Waals surface area contributed by atoms with Gasteiger partial charge < -0.3 is 19.4 Å². The molecule has 2 aromatic rings. The number of ether oxygens (including phenoxy) is 2. The molecular formula is C21H22ClFN2O4. The van der Waals surface area contributed by atoms with Crippen molar-refractivity contribution >= 4 is 17.5 Å². The number of carbonyl (C=O) groups is 1. The van der Waals surface area contributed by atoms with Crippen LogP contribution in [-0.4, -0.2) is 41.7 Å². The summed E-state index contributed by atoms with van der Waals surface area (Å²) in [6.45, 7) is 5.07. The Balaban J connectivity index is 1.66. The van der Waals surface area contributed by atoms with Crippen molar-refractivity contribution in [2.75, 3.05) is 19.8 Å². The minimum Gasteiger partial charge on any atom is -0.486 e. The second kappa shape index (κ2) is 7.80. The number of H-pyrrole nitrogens is 1. The van der Waals surface area contributed by atoms with Crippen LogP contribution in [0.15, 0.2) is 16.9 Å². The van der Waals surface area contributed by atoms with E-state index in [0.29, 0.717) is 43.7 Å². The first-order valence-corrected chi connectivity index (χ1v) is 9.97. The molecule has 0 aliphatic carbocycles. The van der Waals surface area contributed by atoms with Crippen molar-refractivity contribution in [1.82, 2.24) is 9.88 Å². The molecule has 1 amide bonds. The van der Waals surface area contributed by atoms with E-state index in [1.54, 1.807) is 6.92 Å². The van der Waals surface area contributed by atoms with E-state index in [2.05, 4.69) is 4.98 Å². The number of aromatic nitrogens is 1. The Hall–Kier alpha value is -2.38. The lowest BCUT2D eigenvalue weighted by Gasteiger charge is -2.30. The average molecular weight is 421 g/mol. The summed E-state index contributed by atoms with van der Waals surface area (Å²) >= 11 is 6.48. The first kappa shape index (κ1) is 19.9. The number of amides is 1. The van der Waals surface area contributed by atoms with Crippen LogP contribution in [0.2, 0.25) is 5.02 Å². The maximum Gasteiger partial charge on any atom is 0.256 e. The maximum absolute atomic E-state index is 14.7. The lowest BCUT2D eigenvalue weighted by molar-refractivity contribution is 0.0723. The fraction of sp³-hybridized carbons (Fsp3) is 0.429. The van der Waals surface area contributed by atoms with Crippen LogP contribution in [0.3, 0.4) is 0 Å². The number of nitrogens with one attached hydrogen (secondary N) is 1. The molecule has 1 aromatic heterocycles. The van der Waals surface area contributed by atoms with E-state index in [0.717, 1.165) is 11.3 Å².